The van der Waals surface area contributed by atoms with E-state index in [0.29, 0.717) is 5.69 Å². The van der Waals surface area contributed by atoms with Crippen LogP contribution in [-0.4, -0.2) is 14.8 Å². The molecule has 0 radical (unpaired) electrons. The average molecular weight is 226 g/mol. The van der Waals surface area contributed by atoms with Gasteiger partial charge in [-0.25, -0.2) is 0 Å². The van der Waals surface area contributed by atoms with E-state index in [2.05, 4.69) is 46.1 Å². The van der Waals surface area contributed by atoms with E-state index in [-0.39, 0.29) is 0 Å². The van der Waals surface area contributed by atoms with E-state index >= 15 is 0 Å². The normalized spacial score (nSPS) is 11.2. The van der Waals surface area contributed by atoms with Gasteiger partial charge in [0.1, 0.15) is 0 Å². The van der Waals surface area contributed by atoms with Gasteiger partial charge in [0.2, 0.25) is 0 Å². The number of fused-ring (bicyclic) bond motifs is 1. The summed E-state index contributed by atoms with van der Waals surface area (Å²) in [4.78, 5) is 0. The highest BCUT2D eigenvalue weighted by molar-refractivity contribution is 5.97. The van der Waals surface area contributed by atoms with E-state index in [4.69, 9.17) is 5.73 Å². The highest BCUT2D eigenvalue weighted by Crippen LogP contribution is 2.32. The molecule has 0 saturated carbocycles. The topological polar surface area (TPSA) is 59.6 Å². The van der Waals surface area contributed by atoms with E-state index < -0.39 is 0 Å². The SMILES string of the molecule is Cc1ccc2c(c1)c(-c1[nH]ncc1N)cn2C. The van der Waals surface area contributed by atoms with Gasteiger partial charge < -0.3 is 10.3 Å². The van der Waals surface area contributed by atoms with Gasteiger partial charge in [0, 0.05) is 29.7 Å². The number of benzene rings is 1. The van der Waals surface area contributed by atoms with Crippen LogP contribution in [0.4, 0.5) is 5.69 Å². The zero-order valence-electron chi connectivity index (χ0n) is 9.86. The van der Waals surface area contributed by atoms with E-state index in [0.717, 1.165) is 11.3 Å². The molecule has 0 unspecified atom stereocenters. The van der Waals surface area contributed by atoms with Gasteiger partial charge in [-0.3, -0.25) is 5.10 Å². The highest BCUT2D eigenvalue weighted by atomic mass is 15.1. The summed E-state index contributed by atoms with van der Waals surface area (Å²) < 4.78 is 2.10. The fraction of sp³-hybridized carbons (Fsp3) is 0.154. The minimum Gasteiger partial charge on any atom is -0.396 e. The zero-order valence-corrected chi connectivity index (χ0v) is 9.86. The molecule has 0 bridgehead atoms. The Morgan fingerprint density at radius 2 is 2.18 bits per heavy atom. The van der Waals surface area contributed by atoms with Crippen LogP contribution in [0.1, 0.15) is 5.56 Å². The number of aryl methyl sites for hydroxylation is 2. The van der Waals surface area contributed by atoms with Crippen LogP contribution in [0.3, 0.4) is 0 Å². The first-order chi connectivity index (χ1) is 8.16. The lowest BCUT2D eigenvalue weighted by Crippen LogP contribution is -1.85. The van der Waals surface area contributed by atoms with E-state index in [9.17, 15) is 0 Å². The van der Waals surface area contributed by atoms with Crippen molar-refractivity contribution in [2.45, 2.75) is 6.92 Å². The maximum absolute atomic E-state index is 5.91. The van der Waals surface area contributed by atoms with Crippen LogP contribution in [0, 0.1) is 6.92 Å². The quantitative estimate of drug-likeness (QED) is 0.669. The number of rotatable bonds is 1. The first-order valence-electron chi connectivity index (χ1n) is 5.51. The maximum atomic E-state index is 5.91. The van der Waals surface area contributed by atoms with Crippen molar-refractivity contribution in [1.29, 1.82) is 0 Å². The van der Waals surface area contributed by atoms with E-state index in [1.807, 2.05) is 7.05 Å². The van der Waals surface area contributed by atoms with Gasteiger partial charge in [-0.15, -0.1) is 0 Å². The van der Waals surface area contributed by atoms with Crippen LogP contribution in [0.5, 0.6) is 0 Å². The largest absolute Gasteiger partial charge is 0.396 e. The van der Waals surface area contributed by atoms with Gasteiger partial charge in [0.15, 0.2) is 0 Å². The van der Waals surface area contributed by atoms with Gasteiger partial charge in [-0.1, -0.05) is 11.6 Å². The monoisotopic (exact) mass is 226 g/mol. The van der Waals surface area contributed by atoms with Crippen molar-refractivity contribution in [1.82, 2.24) is 14.8 Å². The summed E-state index contributed by atoms with van der Waals surface area (Å²) in [7, 11) is 2.04. The molecule has 2 aromatic heterocycles. The van der Waals surface area contributed by atoms with Crippen LogP contribution < -0.4 is 5.73 Å². The molecule has 0 aliphatic rings. The maximum Gasteiger partial charge on any atom is 0.0901 e. The molecule has 0 spiro atoms. The lowest BCUT2D eigenvalue weighted by Gasteiger charge is -1.99. The molecule has 4 heteroatoms. The summed E-state index contributed by atoms with van der Waals surface area (Å²) >= 11 is 0. The van der Waals surface area contributed by atoms with Gasteiger partial charge in [-0.2, -0.15) is 5.10 Å². The average Bonchev–Trinajstić information content (AvgIpc) is 2.83. The molecule has 0 aliphatic heterocycles. The second kappa shape index (κ2) is 3.38. The number of hydrogen-bond donors (Lipinski definition) is 2. The Morgan fingerprint density at radius 1 is 1.35 bits per heavy atom. The van der Waals surface area contributed by atoms with Crippen molar-refractivity contribution < 1.29 is 0 Å². The number of H-pyrrole nitrogens is 1. The number of aromatic amines is 1. The Labute approximate surface area is 99.1 Å². The Kier molecular flexibility index (Phi) is 1.98. The number of nitrogens with zero attached hydrogens (tertiary/aromatic N) is 2. The first-order valence-corrected chi connectivity index (χ1v) is 5.51. The molecule has 3 N–H and O–H groups in total. The summed E-state index contributed by atoms with van der Waals surface area (Å²) in [6.07, 6.45) is 3.72. The summed E-state index contributed by atoms with van der Waals surface area (Å²) in [5, 5.41) is 8.13. The molecule has 2 heterocycles. The molecule has 0 saturated heterocycles. The standard InChI is InChI=1S/C13H14N4/c1-8-3-4-12-9(5-8)10(7-17(12)2)13-11(14)6-15-16-13/h3-7H,14H2,1-2H3,(H,15,16). The van der Waals surface area contributed by atoms with Crippen LogP contribution >= 0.6 is 0 Å². The molecule has 0 fully saturated rings. The molecule has 3 aromatic rings. The van der Waals surface area contributed by atoms with Crippen LogP contribution in [0.15, 0.2) is 30.6 Å². The number of aromatic nitrogens is 3. The molecular weight excluding hydrogens is 212 g/mol. The first kappa shape index (κ1) is 9.96. The molecule has 1 aromatic carbocycles. The van der Waals surface area contributed by atoms with Crippen molar-refractivity contribution in [3.05, 3.63) is 36.2 Å². The molecular formula is C13H14N4. The molecule has 3 rings (SSSR count). The second-order valence-corrected chi connectivity index (χ2v) is 4.37. The Balaban J connectivity index is 2.37. The fourth-order valence-electron chi connectivity index (χ4n) is 2.22. The van der Waals surface area contributed by atoms with Gasteiger partial charge in [-0.05, 0) is 19.1 Å². The number of nitrogens with two attached hydrogens (primary N) is 1. The summed E-state index contributed by atoms with van der Waals surface area (Å²) in [6.45, 7) is 2.09. The number of nitrogens with one attached hydrogen (secondary N) is 1. The Bertz CT molecular complexity index is 691. The third kappa shape index (κ3) is 1.41. The highest BCUT2D eigenvalue weighted by Gasteiger charge is 2.12. The molecule has 17 heavy (non-hydrogen) atoms. The predicted molar refractivity (Wildman–Crippen MR) is 69.7 cm³/mol. The van der Waals surface area contributed by atoms with E-state index in [1.54, 1.807) is 6.20 Å². The minimum absolute atomic E-state index is 0.680. The van der Waals surface area contributed by atoms with Crippen LogP contribution in [-0.2, 0) is 7.05 Å². The number of hydrogen-bond acceptors (Lipinski definition) is 2. The third-order valence-corrected chi connectivity index (χ3v) is 3.08. The lowest BCUT2D eigenvalue weighted by molar-refractivity contribution is 0.968. The molecule has 86 valence electrons. The summed E-state index contributed by atoms with van der Waals surface area (Å²) in [5.74, 6) is 0. The smallest absolute Gasteiger partial charge is 0.0901 e. The van der Waals surface area contributed by atoms with Crippen LogP contribution in [0.25, 0.3) is 22.2 Å². The summed E-state index contributed by atoms with van der Waals surface area (Å²) in [6, 6.07) is 6.41. The van der Waals surface area contributed by atoms with Crippen molar-refractivity contribution in [2.75, 3.05) is 5.73 Å². The van der Waals surface area contributed by atoms with Crippen molar-refractivity contribution >= 4 is 16.6 Å². The van der Waals surface area contributed by atoms with Crippen molar-refractivity contribution in [3.63, 3.8) is 0 Å². The van der Waals surface area contributed by atoms with Crippen molar-refractivity contribution in [2.24, 2.45) is 7.05 Å². The third-order valence-electron chi connectivity index (χ3n) is 3.08. The van der Waals surface area contributed by atoms with Crippen LogP contribution in [0.2, 0.25) is 0 Å². The Hall–Kier alpha value is -2.23. The zero-order chi connectivity index (χ0) is 12.0. The summed E-state index contributed by atoms with van der Waals surface area (Å²) in [5.41, 5.74) is 11.0. The molecule has 4 nitrogen and oxygen atoms in total. The number of nitrogen functional groups attached to an aromatic ring is 1. The van der Waals surface area contributed by atoms with Gasteiger partial charge >= 0.3 is 0 Å². The minimum atomic E-state index is 0.680. The second-order valence-electron chi connectivity index (χ2n) is 4.37. The molecule has 0 amide bonds. The molecule has 0 aliphatic carbocycles. The predicted octanol–water partition coefficient (Wildman–Crippen LogP) is 2.46. The van der Waals surface area contributed by atoms with Crippen molar-refractivity contribution in [3.8, 4) is 11.3 Å². The Morgan fingerprint density at radius 3 is 2.88 bits per heavy atom. The number of anilines is 1. The van der Waals surface area contributed by atoms with Gasteiger partial charge in [0.05, 0.1) is 17.6 Å². The van der Waals surface area contributed by atoms with Gasteiger partial charge in [0.25, 0.3) is 0 Å². The fourth-order valence-corrected chi connectivity index (χ4v) is 2.22. The molecule has 0 atom stereocenters. The lowest BCUT2D eigenvalue weighted by atomic mass is 10.1. The van der Waals surface area contributed by atoms with E-state index in [1.165, 1.54) is 16.5 Å².